The highest BCUT2D eigenvalue weighted by molar-refractivity contribution is 5.66. The lowest BCUT2D eigenvalue weighted by molar-refractivity contribution is -0.142. The zero-order valence-electron chi connectivity index (χ0n) is 9.62. The molecule has 0 saturated heterocycles. The molecule has 0 aromatic carbocycles. The Morgan fingerprint density at radius 3 is 1.57 bits per heavy atom. The molecule has 0 bridgehead atoms. The summed E-state index contributed by atoms with van der Waals surface area (Å²) >= 11 is 0. The molecule has 0 unspecified atom stereocenters. The van der Waals surface area contributed by atoms with Crippen molar-refractivity contribution in [3.8, 4) is 0 Å². The number of esters is 2. The summed E-state index contributed by atoms with van der Waals surface area (Å²) in [5.74, 6) is 0.0371. The maximum absolute atomic E-state index is 10.1. The fraction of sp³-hybridized carbons (Fsp3) is 0.800. The molecule has 0 aromatic heterocycles. The Bertz CT molecular complexity index is 164. The normalized spacial score (nSPS) is 8.71. The topological polar surface area (TPSA) is 52.6 Å². The third-order valence-electron chi connectivity index (χ3n) is 0.968. The molecule has 0 atom stereocenters. The van der Waals surface area contributed by atoms with Gasteiger partial charge in [-0.3, -0.25) is 9.59 Å². The number of carbonyl (C=O) groups excluding carboxylic acids is 2. The van der Waals surface area contributed by atoms with Crippen molar-refractivity contribution >= 4 is 11.9 Å². The third kappa shape index (κ3) is 22.4. The van der Waals surface area contributed by atoms with E-state index in [1.54, 1.807) is 6.92 Å². The molecule has 0 spiro atoms. The van der Waals surface area contributed by atoms with E-state index in [1.807, 2.05) is 13.8 Å². The predicted molar refractivity (Wildman–Crippen MR) is 53.8 cm³/mol. The Morgan fingerprint density at radius 2 is 1.50 bits per heavy atom. The Hall–Kier alpha value is -1.06. The summed E-state index contributed by atoms with van der Waals surface area (Å²) in [6.45, 7) is 9.61. The van der Waals surface area contributed by atoms with E-state index in [-0.39, 0.29) is 11.9 Å². The van der Waals surface area contributed by atoms with E-state index in [1.165, 1.54) is 13.8 Å². The lowest BCUT2D eigenvalue weighted by Crippen LogP contribution is -2.05. The van der Waals surface area contributed by atoms with Crippen LogP contribution < -0.4 is 0 Å². The third-order valence-corrected chi connectivity index (χ3v) is 0.968. The van der Waals surface area contributed by atoms with Crippen LogP contribution in [-0.4, -0.2) is 25.2 Å². The summed E-state index contributed by atoms with van der Waals surface area (Å²) in [6, 6.07) is 0. The number of carbonyl (C=O) groups is 2. The minimum absolute atomic E-state index is 0.196. The second kappa shape index (κ2) is 10.0. The van der Waals surface area contributed by atoms with Gasteiger partial charge in [-0.25, -0.2) is 0 Å². The first kappa shape index (κ1) is 15.4. The summed E-state index contributed by atoms with van der Waals surface area (Å²) in [5, 5.41) is 0. The van der Waals surface area contributed by atoms with Crippen LogP contribution in [0.4, 0.5) is 0 Å². The van der Waals surface area contributed by atoms with E-state index in [0.717, 1.165) is 0 Å². The Morgan fingerprint density at radius 1 is 1.07 bits per heavy atom. The molecule has 84 valence electrons. The van der Waals surface area contributed by atoms with Gasteiger partial charge >= 0.3 is 11.9 Å². The van der Waals surface area contributed by atoms with Crippen molar-refractivity contribution in [2.45, 2.75) is 34.6 Å². The van der Waals surface area contributed by atoms with Crippen LogP contribution in [0.2, 0.25) is 0 Å². The largest absolute Gasteiger partial charge is 0.466 e. The molecule has 14 heavy (non-hydrogen) atoms. The fourth-order valence-corrected chi connectivity index (χ4v) is 0.487. The van der Waals surface area contributed by atoms with Crippen LogP contribution in [0.1, 0.15) is 34.6 Å². The zero-order valence-corrected chi connectivity index (χ0v) is 9.62. The highest BCUT2D eigenvalue weighted by atomic mass is 16.5. The summed E-state index contributed by atoms with van der Waals surface area (Å²) in [6.07, 6.45) is 0. The van der Waals surface area contributed by atoms with Gasteiger partial charge in [0.15, 0.2) is 0 Å². The van der Waals surface area contributed by atoms with Crippen LogP contribution in [0.3, 0.4) is 0 Å². The fourth-order valence-electron chi connectivity index (χ4n) is 0.487. The molecule has 4 nitrogen and oxygen atoms in total. The van der Waals surface area contributed by atoms with Crippen molar-refractivity contribution < 1.29 is 19.1 Å². The highest BCUT2D eigenvalue weighted by Crippen LogP contribution is 1.91. The SMILES string of the molecule is CC(=O)OCC(C)C.CCOC(C)=O. The van der Waals surface area contributed by atoms with Gasteiger partial charge in [0.05, 0.1) is 13.2 Å². The van der Waals surface area contributed by atoms with Gasteiger partial charge in [0.1, 0.15) is 0 Å². The smallest absolute Gasteiger partial charge is 0.302 e. The van der Waals surface area contributed by atoms with Crippen molar-refractivity contribution in [1.82, 2.24) is 0 Å². The van der Waals surface area contributed by atoms with Crippen molar-refractivity contribution in [2.75, 3.05) is 13.2 Å². The molecule has 0 heterocycles. The van der Waals surface area contributed by atoms with Crippen LogP contribution in [0.25, 0.3) is 0 Å². The minimum atomic E-state index is -0.211. The van der Waals surface area contributed by atoms with Crippen molar-refractivity contribution in [3.63, 3.8) is 0 Å². The summed E-state index contributed by atoms with van der Waals surface area (Å²) < 4.78 is 9.07. The molecule has 0 saturated carbocycles. The van der Waals surface area contributed by atoms with E-state index >= 15 is 0 Å². The van der Waals surface area contributed by atoms with Crippen molar-refractivity contribution in [2.24, 2.45) is 5.92 Å². The first-order chi connectivity index (χ1) is 6.40. The van der Waals surface area contributed by atoms with Gasteiger partial charge in [0.2, 0.25) is 0 Å². The number of hydrogen-bond acceptors (Lipinski definition) is 4. The number of hydrogen-bond donors (Lipinski definition) is 0. The molecule has 0 rings (SSSR count). The highest BCUT2D eigenvalue weighted by Gasteiger charge is 1.94. The number of ether oxygens (including phenoxy) is 2. The van der Waals surface area contributed by atoms with Crippen molar-refractivity contribution in [3.05, 3.63) is 0 Å². The Kier molecular flexibility index (Phi) is 11.0. The summed E-state index contributed by atoms with van der Waals surface area (Å²) in [7, 11) is 0. The quantitative estimate of drug-likeness (QED) is 0.657. The number of rotatable bonds is 3. The maximum atomic E-state index is 10.1. The molecule has 0 aliphatic carbocycles. The summed E-state index contributed by atoms with van der Waals surface area (Å²) in [4.78, 5) is 19.9. The van der Waals surface area contributed by atoms with Gasteiger partial charge in [-0.05, 0) is 12.8 Å². The van der Waals surface area contributed by atoms with Crippen molar-refractivity contribution in [1.29, 1.82) is 0 Å². The monoisotopic (exact) mass is 204 g/mol. The second-order valence-corrected chi connectivity index (χ2v) is 3.12. The predicted octanol–water partition coefficient (Wildman–Crippen LogP) is 1.77. The molecule has 0 aromatic rings. The molecule has 0 aliphatic rings. The van der Waals surface area contributed by atoms with Gasteiger partial charge in [0, 0.05) is 13.8 Å². The first-order valence-electron chi connectivity index (χ1n) is 4.66. The molecule has 0 N–H and O–H groups in total. The molecule has 0 radical (unpaired) electrons. The average Bonchev–Trinajstić information content (AvgIpc) is 2.01. The van der Waals surface area contributed by atoms with Crippen LogP contribution in [0.5, 0.6) is 0 Å². The maximum Gasteiger partial charge on any atom is 0.302 e. The average molecular weight is 204 g/mol. The van der Waals surface area contributed by atoms with Crippen LogP contribution in [0.15, 0.2) is 0 Å². The second-order valence-electron chi connectivity index (χ2n) is 3.12. The molecule has 0 fully saturated rings. The van der Waals surface area contributed by atoms with Crippen LogP contribution in [0, 0.1) is 5.92 Å². The van der Waals surface area contributed by atoms with Crippen LogP contribution in [-0.2, 0) is 19.1 Å². The Balaban J connectivity index is 0. The van der Waals surface area contributed by atoms with Gasteiger partial charge in [-0.15, -0.1) is 0 Å². The summed E-state index contributed by atoms with van der Waals surface area (Å²) in [5.41, 5.74) is 0. The molecule has 4 heteroatoms. The van der Waals surface area contributed by atoms with Crippen LogP contribution >= 0.6 is 0 Å². The molecular weight excluding hydrogens is 184 g/mol. The van der Waals surface area contributed by atoms with Gasteiger partial charge < -0.3 is 9.47 Å². The molecule has 0 amide bonds. The van der Waals surface area contributed by atoms with E-state index in [2.05, 4.69) is 9.47 Å². The van der Waals surface area contributed by atoms with Gasteiger partial charge in [-0.2, -0.15) is 0 Å². The lowest BCUT2D eigenvalue weighted by atomic mass is 10.2. The molecular formula is C10H20O4. The van der Waals surface area contributed by atoms with E-state index in [9.17, 15) is 9.59 Å². The van der Waals surface area contributed by atoms with E-state index in [0.29, 0.717) is 19.1 Å². The first-order valence-corrected chi connectivity index (χ1v) is 4.66. The van der Waals surface area contributed by atoms with E-state index < -0.39 is 0 Å². The minimum Gasteiger partial charge on any atom is -0.466 e. The lowest BCUT2D eigenvalue weighted by Gasteiger charge is -2.02. The van der Waals surface area contributed by atoms with E-state index in [4.69, 9.17) is 0 Å². The van der Waals surface area contributed by atoms with Gasteiger partial charge in [0.25, 0.3) is 0 Å². The zero-order chi connectivity index (χ0) is 11.6. The Labute approximate surface area is 85.6 Å². The molecule has 0 aliphatic heterocycles. The standard InChI is InChI=1S/C6H12O2.C4H8O2/c1-5(2)4-8-6(3)7;1-3-6-4(2)5/h5H,4H2,1-3H3;3H2,1-2H3. The van der Waals surface area contributed by atoms with Gasteiger partial charge in [-0.1, -0.05) is 13.8 Å².